The van der Waals surface area contributed by atoms with Crippen LogP contribution in [0.15, 0.2) is 58.2 Å². The molecule has 4 rings (SSSR count). The maximum atomic E-state index is 12.4. The number of fused-ring (bicyclic) bond motifs is 2. The predicted molar refractivity (Wildman–Crippen MR) is 94.3 cm³/mol. The number of hydrogen-bond donors (Lipinski definition) is 1. The lowest BCUT2D eigenvalue weighted by Gasteiger charge is -2.08. The molecule has 130 valence electrons. The molecule has 2 heterocycles. The van der Waals surface area contributed by atoms with E-state index in [0.717, 1.165) is 5.56 Å². The van der Waals surface area contributed by atoms with Gasteiger partial charge in [-0.3, -0.25) is 14.2 Å². The Balaban J connectivity index is 1.38. The summed E-state index contributed by atoms with van der Waals surface area (Å²) in [6.07, 6.45) is 1.66. The number of aryl methyl sites for hydroxylation is 1. The zero-order chi connectivity index (χ0) is 17.9. The third-order valence-electron chi connectivity index (χ3n) is 4.12. The molecule has 8 heteroatoms. The molecule has 0 saturated carbocycles. The second-order valence-corrected chi connectivity index (χ2v) is 5.87. The summed E-state index contributed by atoms with van der Waals surface area (Å²) < 4.78 is 6.10. The van der Waals surface area contributed by atoms with Crippen molar-refractivity contribution in [2.45, 2.75) is 19.5 Å². The maximum absolute atomic E-state index is 12.4. The van der Waals surface area contributed by atoms with Gasteiger partial charge < -0.3 is 5.32 Å². The molecule has 0 spiro atoms. The van der Waals surface area contributed by atoms with Crippen molar-refractivity contribution in [2.75, 3.05) is 0 Å². The zero-order valence-corrected chi connectivity index (χ0v) is 13.8. The second-order valence-electron chi connectivity index (χ2n) is 5.87. The first kappa shape index (κ1) is 15.9. The number of amides is 1. The lowest BCUT2D eigenvalue weighted by molar-refractivity contribution is -0.121. The summed E-state index contributed by atoms with van der Waals surface area (Å²) in [4.78, 5) is 28.7. The minimum atomic E-state index is -0.150. The summed E-state index contributed by atoms with van der Waals surface area (Å²) in [7, 11) is 0. The summed E-state index contributed by atoms with van der Waals surface area (Å²) >= 11 is 0. The van der Waals surface area contributed by atoms with Gasteiger partial charge in [-0.05, 0) is 40.1 Å². The second kappa shape index (κ2) is 6.75. The van der Waals surface area contributed by atoms with Crippen LogP contribution in [-0.2, 0) is 17.9 Å². The Labute approximate surface area is 147 Å². The van der Waals surface area contributed by atoms with E-state index in [2.05, 4.69) is 25.2 Å². The minimum absolute atomic E-state index is 0.146. The molecule has 0 radical (unpaired) electrons. The van der Waals surface area contributed by atoms with Gasteiger partial charge in [-0.15, -0.1) is 0 Å². The van der Waals surface area contributed by atoms with Crippen molar-refractivity contribution in [1.29, 1.82) is 0 Å². The van der Waals surface area contributed by atoms with Gasteiger partial charge in [-0.25, -0.2) is 9.61 Å². The number of hydrogen-bond acceptors (Lipinski definition) is 6. The number of nitrogens with one attached hydrogen (secondary N) is 1. The van der Waals surface area contributed by atoms with E-state index >= 15 is 0 Å². The molecular weight excluding hydrogens is 334 g/mol. The van der Waals surface area contributed by atoms with E-state index < -0.39 is 0 Å². The summed E-state index contributed by atoms with van der Waals surface area (Å²) in [5.74, 6) is -0.150. The van der Waals surface area contributed by atoms with Gasteiger partial charge in [0.15, 0.2) is 0 Å². The SMILES string of the molecule is O=C(CCn1cnc2ccccc2c1=O)NCc1ccc2nonc2c1. The van der Waals surface area contributed by atoms with E-state index in [4.69, 9.17) is 0 Å². The molecule has 26 heavy (non-hydrogen) atoms. The molecule has 0 aliphatic heterocycles. The first-order valence-corrected chi connectivity index (χ1v) is 8.13. The minimum Gasteiger partial charge on any atom is -0.352 e. The third-order valence-corrected chi connectivity index (χ3v) is 4.12. The highest BCUT2D eigenvalue weighted by Crippen LogP contribution is 2.11. The van der Waals surface area contributed by atoms with Crippen LogP contribution in [0.3, 0.4) is 0 Å². The van der Waals surface area contributed by atoms with Crippen LogP contribution in [-0.4, -0.2) is 25.8 Å². The predicted octanol–water partition coefficient (Wildman–Crippen LogP) is 1.64. The monoisotopic (exact) mass is 349 g/mol. The Kier molecular flexibility index (Phi) is 4.14. The van der Waals surface area contributed by atoms with Crippen molar-refractivity contribution in [3.05, 3.63) is 64.7 Å². The number of carbonyl (C=O) groups excluding carboxylic acids is 1. The fourth-order valence-electron chi connectivity index (χ4n) is 2.71. The number of para-hydroxylation sites is 1. The van der Waals surface area contributed by atoms with Crippen LogP contribution in [0.1, 0.15) is 12.0 Å². The lowest BCUT2D eigenvalue weighted by atomic mass is 10.2. The van der Waals surface area contributed by atoms with E-state index in [0.29, 0.717) is 28.5 Å². The summed E-state index contributed by atoms with van der Waals surface area (Å²) in [6, 6.07) is 12.6. The highest BCUT2D eigenvalue weighted by Gasteiger charge is 2.07. The highest BCUT2D eigenvalue weighted by atomic mass is 16.6. The quantitative estimate of drug-likeness (QED) is 0.587. The van der Waals surface area contributed by atoms with Gasteiger partial charge >= 0.3 is 0 Å². The normalized spacial score (nSPS) is 11.1. The van der Waals surface area contributed by atoms with Crippen molar-refractivity contribution < 1.29 is 9.42 Å². The first-order chi connectivity index (χ1) is 12.7. The van der Waals surface area contributed by atoms with Gasteiger partial charge in [-0.2, -0.15) is 0 Å². The van der Waals surface area contributed by atoms with Crippen molar-refractivity contribution >= 4 is 27.8 Å². The Morgan fingerprint density at radius 3 is 2.85 bits per heavy atom. The topological polar surface area (TPSA) is 103 Å². The Morgan fingerprint density at radius 1 is 1.08 bits per heavy atom. The molecule has 4 aromatic rings. The van der Waals surface area contributed by atoms with Gasteiger partial charge in [0.05, 0.1) is 17.2 Å². The smallest absolute Gasteiger partial charge is 0.261 e. The Bertz CT molecular complexity index is 1150. The van der Waals surface area contributed by atoms with Crippen LogP contribution in [0.5, 0.6) is 0 Å². The maximum Gasteiger partial charge on any atom is 0.261 e. The summed E-state index contributed by atoms with van der Waals surface area (Å²) in [5, 5.41) is 10.9. The van der Waals surface area contributed by atoms with Crippen LogP contribution in [0.2, 0.25) is 0 Å². The Morgan fingerprint density at radius 2 is 1.92 bits per heavy atom. The molecule has 2 aromatic heterocycles. The van der Waals surface area contributed by atoms with Gasteiger partial charge in [-0.1, -0.05) is 18.2 Å². The first-order valence-electron chi connectivity index (χ1n) is 8.13. The average molecular weight is 349 g/mol. The molecule has 0 unspecified atom stereocenters. The molecule has 1 amide bonds. The van der Waals surface area contributed by atoms with Crippen molar-refractivity contribution in [1.82, 2.24) is 25.2 Å². The average Bonchev–Trinajstić information content (AvgIpc) is 3.14. The molecule has 1 N–H and O–H groups in total. The van der Waals surface area contributed by atoms with E-state index in [1.807, 2.05) is 18.2 Å². The van der Waals surface area contributed by atoms with Crippen molar-refractivity contribution in [3.8, 4) is 0 Å². The zero-order valence-electron chi connectivity index (χ0n) is 13.8. The number of aromatic nitrogens is 4. The van der Waals surface area contributed by atoms with Crippen LogP contribution in [0.4, 0.5) is 0 Å². The molecule has 0 fully saturated rings. The summed E-state index contributed by atoms with van der Waals surface area (Å²) in [5.41, 5.74) is 2.71. The molecule has 0 bridgehead atoms. The standard InChI is InChI=1S/C18H15N5O3/c24-17(19-10-12-5-6-15-16(9-12)22-26-21-15)7-8-23-11-20-14-4-2-1-3-13(14)18(23)25/h1-6,9,11H,7-8,10H2,(H,19,24). The van der Waals surface area contributed by atoms with Crippen molar-refractivity contribution in [2.24, 2.45) is 0 Å². The fraction of sp³-hybridized carbons (Fsp3) is 0.167. The Hall–Kier alpha value is -3.55. The van der Waals surface area contributed by atoms with Crippen LogP contribution >= 0.6 is 0 Å². The van der Waals surface area contributed by atoms with Crippen LogP contribution in [0, 0.1) is 0 Å². The summed E-state index contributed by atoms with van der Waals surface area (Å²) in [6.45, 7) is 0.640. The van der Waals surface area contributed by atoms with E-state index in [1.54, 1.807) is 24.3 Å². The van der Waals surface area contributed by atoms with Crippen molar-refractivity contribution in [3.63, 3.8) is 0 Å². The largest absolute Gasteiger partial charge is 0.352 e. The number of rotatable bonds is 5. The van der Waals surface area contributed by atoms with E-state index in [1.165, 1.54) is 10.9 Å². The van der Waals surface area contributed by atoms with Crippen LogP contribution < -0.4 is 10.9 Å². The molecule has 0 aliphatic carbocycles. The van der Waals surface area contributed by atoms with Crippen LogP contribution in [0.25, 0.3) is 21.9 Å². The molecule has 0 atom stereocenters. The molecule has 8 nitrogen and oxygen atoms in total. The molecular formula is C18H15N5O3. The van der Waals surface area contributed by atoms with Gasteiger partial charge in [0.25, 0.3) is 5.56 Å². The fourth-order valence-corrected chi connectivity index (χ4v) is 2.71. The highest BCUT2D eigenvalue weighted by molar-refractivity contribution is 5.78. The van der Waals surface area contributed by atoms with Gasteiger partial charge in [0.1, 0.15) is 11.0 Å². The number of nitrogens with zero attached hydrogens (tertiary/aromatic N) is 4. The van der Waals surface area contributed by atoms with Gasteiger partial charge in [0.2, 0.25) is 5.91 Å². The molecule has 0 aliphatic rings. The third kappa shape index (κ3) is 3.16. The molecule has 2 aromatic carbocycles. The van der Waals surface area contributed by atoms with E-state index in [9.17, 15) is 9.59 Å². The number of benzene rings is 2. The van der Waals surface area contributed by atoms with Gasteiger partial charge in [0, 0.05) is 19.5 Å². The van der Waals surface area contributed by atoms with E-state index in [-0.39, 0.29) is 24.4 Å². The lowest BCUT2D eigenvalue weighted by Crippen LogP contribution is -2.27. The molecule has 0 saturated heterocycles. The number of carbonyl (C=O) groups is 1.